The first-order chi connectivity index (χ1) is 6.16. The van der Waals surface area contributed by atoms with Gasteiger partial charge in [-0.05, 0) is 18.2 Å². The smallest absolute Gasteiger partial charge is 0.219 e. The minimum atomic E-state index is 0. The van der Waals surface area contributed by atoms with Crippen LogP contribution in [0.2, 0.25) is 5.02 Å². The molecule has 14 heavy (non-hydrogen) atoms. The molecule has 2 rings (SSSR count). The first-order valence-corrected chi connectivity index (χ1v) is 4.26. The SMILES string of the molecule is C[n+]1cc(N)c2ccc(Cl)cc2n1.[Cl-]. The maximum Gasteiger partial charge on any atom is 0.219 e. The topological polar surface area (TPSA) is 42.8 Å². The van der Waals surface area contributed by atoms with Crippen molar-refractivity contribution in [2.24, 2.45) is 7.05 Å². The van der Waals surface area contributed by atoms with Gasteiger partial charge >= 0.3 is 0 Å². The first-order valence-electron chi connectivity index (χ1n) is 3.88. The van der Waals surface area contributed by atoms with E-state index in [9.17, 15) is 0 Å². The average Bonchev–Trinajstić information content (AvgIpc) is 2.02. The van der Waals surface area contributed by atoms with Crippen LogP contribution in [0.5, 0.6) is 0 Å². The molecule has 2 aromatic rings. The summed E-state index contributed by atoms with van der Waals surface area (Å²) in [4.78, 5) is 0. The number of hydrogen-bond acceptors (Lipinski definition) is 2. The predicted octanol–water partition coefficient (Wildman–Crippen LogP) is -1.70. The Labute approximate surface area is 92.9 Å². The minimum absolute atomic E-state index is 0. The van der Waals surface area contributed by atoms with Crippen molar-refractivity contribution < 1.29 is 17.1 Å². The van der Waals surface area contributed by atoms with E-state index >= 15 is 0 Å². The second-order valence-electron chi connectivity index (χ2n) is 2.92. The molecule has 0 aliphatic heterocycles. The lowest BCUT2D eigenvalue weighted by molar-refractivity contribution is -0.727. The van der Waals surface area contributed by atoms with Crippen molar-refractivity contribution in [2.75, 3.05) is 5.73 Å². The number of benzene rings is 1. The summed E-state index contributed by atoms with van der Waals surface area (Å²) in [7, 11) is 1.83. The molecular weight excluding hydrogens is 221 g/mol. The molecule has 2 N–H and O–H groups in total. The number of rotatable bonds is 0. The lowest BCUT2D eigenvalue weighted by atomic mass is 10.2. The van der Waals surface area contributed by atoms with Crippen molar-refractivity contribution >= 4 is 28.2 Å². The molecule has 1 aromatic heterocycles. The van der Waals surface area contributed by atoms with Crippen molar-refractivity contribution in [3.8, 4) is 0 Å². The van der Waals surface area contributed by atoms with Gasteiger partial charge in [0.15, 0.2) is 7.05 Å². The molecule has 0 bridgehead atoms. The highest BCUT2D eigenvalue weighted by atomic mass is 35.5. The Morgan fingerprint density at radius 2 is 2.14 bits per heavy atom. The summed E-state index contributed by atoms with van der Waals surface area (Å²) in [5.74, 6) is 0. The molecule has 0 radical (unpaired) electrons. The van der Waals surface area contributed by atoms with Crippen molar-refractivity contribution in [3.05, 3.63) is 29.4 Å². The summed E-state index contributed by atoms with van der Waals surface area (Å²) < 4.78 is 1.67. The van der Waals surface area contributed by atoms with Crippen LogP contribution in [0.15, 0.2) is 24.4 Å². The Morgan fingerprint density at radius 1 is 1.43 bits per heavy atom. The summed E-state index contributed by atoms with van der Waals surface area (Å²) in [6.45, 7) is 0. The molecule has 5 heteroatoms. The minimum Gasteiger partial charge on any atom is -1.00 e. The molecule has 0 fully saturated rings. The fraction of sp³-hybridized carbons (Fsp3) is 0.111. The highest BCUT2D eigenvalue weighted by Crippen LogP contribution is 2.20. The zero-order valence-corrected chi connectivity index (χ0v) is 9.05. The number of aromatic nitrogens is 2. The van der Waals surface area contributed by atoms with Crippen LogP contribution in [0.4, 0.5) is 5.69 Å². The fourth-order valence-corrected chi connectivity index (χ4v) is 1.47. The summed E-state index contributed by atoms with van der Waals surface area (Å²) in [5.41, 5.74) is 7.33. The van der Waals surface area contributed by atoms with Crippen LogP contribution in [-0.2, 0) is 7.05 Å². The number of nitrogens with zero attached hydrogens (tertiary/aromatic N) is 2. The third kappa shape index (κ3) is 1.89. The van der Waals surface area contributed by atoms with E-state index in [4.69, 9.17) is 17.3 Å². The zero-order chi connectivity index (χ0) is 9.42. The molecule has 0 aliphatic rings. The van der Waals surface area contributed by atoms with Gasteiger partial charge in [0.2, 0.25) is 6.20 Å². The Hall–Kier alpha value is -1.06. The van der Waals surface area contributed by atoms with Gasteiger partial charge in [-0.15, -0.1) is 0 Å². The van der Waals surface area contributed by atoms with Crippen molar-refractivity contribution in [2.45, 2.75) is 0 Å². The molecule has 74 valence electrons. The van der Waals surface area contributed by atoms with Gasteiger partial charge in [-0.25, -0.2) is 0 Å². The molecular formula is C9H9Cl2N3. The van der Waals surface area contributed by atoms with Gasteiger partial charge in [0, 0.05) is 15.5 Å². The quantitative estimate of drug-likeness (QED) is 0.548. The summed E-state index contributed by atoms with van der Waals surface area (Å²) >= 11 is 5.83. The van der Waals surface area contributed by atoms with Gasteiger partial charge in [-0.1, -0.05) is 16.3 Å². The largest absolute Gasteiger partial charge is 1.00 e. The van der Waals surface area contributed by atoms with Gasteiger partial charge in [0.05, 0.1) is 0 Å². The molecule has 3 nitrogen and oxygen atoms in total. The highest BCUT2D eigenvalue weighted by Gasteiger charge is 2.06. The van der Waals surface area contributed by atoms with E-state index in [-0.39, 0.29) is 12.4 Å². The monoisotopic (exact) mass is 229 g/mol. The first kappa shape index (κ1) is 11.0. The van der Waals surface area contributed by atoms with E-state index in [1.807, 2.05) is 19.2 Å². The van der Waals surface area contributed by atoms with Gasteiger partial charge in [-0.3, -0.25) is 0 Å². The van der Waals surface area contributed by atoms with Crippen LogP contribution in [0.3, 0.4) is 0 Å². The summed E-state index contributed by atoms with van der Waals surface area (Å²) in [5, 5.41) is 5.85. The van der Waals surface area contributed by atoms with Gasteiger partial charge < -0.3 is 18.1 Å². The fourth-order valence-electron chi connectivity index (χ4n) is 1.30. The predicted molar refractivity (Wildman–Crippen MR) is 52.3 cm³/mol. The molecule has 0 saturated carbocycles. The Kier molecular flexibility index (Phi) is 3.13. The van der Waals surface area contributed by atoms with E-state index in [1.54, 1.807) is 16.9 Å². The summed E-state index contributed by atoms with van der Waals surface area (Å²) in [6, 6.07) is 5.48. The zero-order valence-electron chi connectivity index (χ0n) is 7.54. The van der Waals surface area contributed by atoms with E-state index in [0.29, 0.717) is 10.7 Å². The normalized spacial score (nSPS) is 9.86. The van der Waals surface area contributed by atoms with Crippen LogP contribution in [-0.4, -0.2) is 5.10 Å². The number of nitrogen functional groups attached to an aromatic ring is 1. The Balaban J connectivity index is 0.000000980. The molecule has 0 saturated heterocycles. The standard InChI is InChI=1S/C9H9ClN3.ClH/c1-13-5-8(11)7-3-2-6(10)4-9(7)12-13;/h2-5H,1H3,(H2,11,12);1H/q+1;/p-1. The lowest BCUT2D eigenvalue weighted by Crippen LogP contribution is -3.00. The van der Waals surface area contributed by atoms with Crippen molar-refractivity contribution in [3.63, 3.8) is 0 Å². The number of halogens is 2. The van der Waals surface area contributed by atoms with Crippen LogP contribution < -0.4 is 22.8 Å². The average molecular weight is 230 g/mol. The molecule has 0 unspecified atom stereocenters. The molecule has 0 aliphatic carbocycles. The van der Waals surface area contributed by atoms with Gasteiger partial charge in [0.1, 0.15) is 11.2 Å². The van der Waals surface area contributed by atoms with Crippen LogP contribution in [0, 0.1) is 0 Å². The van der Waals surface area contributed by atoms with Crippen LogP contribution in [0.1, 0.15) is 0 Å². The van der Waals surface area contributed by atoms with E-state index in [0.717, 1.165) is 10.9 Å². The second-order valence-corrected chi connectivity index (χ2v) is 3.36. The van der Waals surface area contributed by atoms with E-state index in [1.165, 1.54) is 0 Å². The van der Waals surface area contributed by atoms with E-state index in [2.05, 4.69) is 5.10 Å². The third-order valence-electron chi connectivity index (χ3n) is 1.86. The van der Waals surface area contributed by atoms with Crippen molar-refractivity contribution in [1.29, 1.82) is 0 Å². The number of nitrogens with two attached hydrogens (primary N) is 1. The maximum absolute atomic E-state index is 5.83. The molecule has 0 spiro atoms. The molecule has 0 atom stereocenters. The summed E-state index contributed by atoms with van der Waals surface area (Å²) in [6.07, 6.45) is 1.77. The Bertz CT molecular complexity index is 466. The number of fused-ring (bicyclic) bond motifs is 1. The Morgan fingerprint density at radius 3 is 2.86 bits per heavy atom. The van der Waals surface area contributed by atoms with Crippen molar-refractivity contribution in [1.82, 2.24) is 5.10 Å². The third-order valence-corrected chi connectivity index (χ3v) is 2.10. The van der Waals surface area contributed by atoms with Crippen LogP contribution in [0.25, 0.3) is 10.9 Å². The van der Waals surface area contributed by atoms with Gasteiger partial charge in [0.25, 0.3) is 0 Å². The number of anilines is 1. The molecule has 0 amide bonds. The number of hydrogen-bond donors (Lipinski definition) is 1. The van der Waals surface area contributed by atoms with Gasteiger partial charge in [-0.2, -0.15) is 0 Å². The molecule has 1 aromatic carbocycles. The van der Waals surface area contributed by atoms with E-state index < -0.39 is 0 Å². The maximum atomic E-state index is 5.83. The highest BCUT2D eigenvalue weighted by molar-refractivity contribution is 6.31. The lowest BCUT2D eigenvalue weighted by Gasteiger charge is -1.97. The number of aryl methyl sites for hydroxylation is 1. The second kappa shape index (κ2) is 3.98. The molecule has 1 heterocycles. The van der Waals surface area contributed by atoms with Crippen LogP contribution >= 0.6 is 11.6 Å².